The van der Waals surface area contributed by atoms with Gasteiger partial charge >= 0.3 is 0 Å². The quantitative estimate of drug-likeness (QED) is 0.791. The lowest BCUT2D eigenvalue weighted by Crippen LogP contribution is -2.28. The van der Waals surface area contributed by atoms with Crippen molar-refractivity contribution in [3.63, 3.8) is 0 Å². The van der Waals surface area contributed by atoms with Crippen LogP contribution in [0.3, 0.4) is 0 Å². The molecule has 0 aliphatic carbocycles. The first kappa shape index (κ1) is 18.3. The summed E-state index contributed by atoms with van der Waals surface area (Å²) in [6, 6.07) is 7.91. The predicted molar refractivity (Wildman–Crippen MR) is 94.9 cm³/mol. The van der Waals surface area contributed by atoms with Gasteiger partial charge in [-0.15, -0.1) is 0 Å². The van der Waals surface area contributed by atoms with Crippen molar-refractivity contribution < 1.29 is 9.03 Å². The molecule has 2 aromatic rings. The molecule has 0 aliphatic rings. The second-order valence-corrected chi connectivity index (χ2v) is 5.67. The number of hydrogen-bond donors (Lipinski definition) is 1. The zero-order valence-corrected chi connectivity index (χ0v) is 14.9. The third-order valence-corrected chi connectivity index (χ3v) is 4.03. The fourth-order valence-electron chi connectivity index (χ4n) is 2.45. The van der Waals surface area contributed by atoms with Crippen LogP contribution in [0.4, 0.5) is 5.95 Å². The van der Waals surface area contributed by atoms with E-state index in [1.54, 1.807) is 14.2 Å². The summed E-state index contributed by atoms with van der Waals surface area (Å²) in [4.78, 5) is 16.9. The molecule has 0 atom stereocenters. The number of aromatic nitrogens is 2. The first-order valence-electron chi connectivity index (χ1n) is 7.73. The highest BCUT2D eigenvalue weighted by molar-refractivity contribution is 6.07. The predicted octanol–water partition coefficient (Wildman–Crippen LogP) is 2.46. The first-order chi connectivity index (χ1) is 11.6. The van der Waals surface area contributed by atoms with Crippen LogP contribution in [0.5, 0.6) is 5.75 Å². The average molecular weight is 352 g/mol. The minimum absolute atomic E-state index is 0.0804. The Morgan fingerprint density at radius 1 is 1.25 bits per heavy atom. The number of nitrogens with zero attached hydrogens (tertiary/aromatic N) is 2. The molecular weight excluding hydrogens is 330 g/mol. The number of hydrogen-bond acceptors (Lipinski definition) is 5. The van der Waals surface area contributed by atoms with Crippen molar-refractivity contribution >= 4 is 17.8 Å². The van der Waals surface area contributed by atoms with E-state index in [2.05, 4.69) is 14.6 Å². The minimum atomic E-state index is -0.0804. The Hall–Kier alpha value is -2.05. The van der Waals surface area contributed by atoms with Crippen LogP contribution in [0.2, 0.25) is 0 Å². The Balaban J connectivity index is 2.03. The molecule has 0 unspecified atom stereocenters. The first-order valence-corrected chi connectivity index (χ1v) is 8.04. The molecule has 0 radical (unpaired) electrons. The molecule has 1 aromatic heterocycles. The molecule has 0 spiro atoms. The van der Waals surface area contributed by atoms with Gasteiger partial charge in [-0.2, -0.15) is 0 Å². The van der Waals surface area contributed by atoms with Crippen molar-refractivity contribution in [1.82, 2.24) is 9.55 Å². The van der Waals surface area contributed by atoms with E-state index in [1.807, 2.05) is 31.2 Å². The summed E-state index contributed by atoms with van der Waals surface area (Å²) in [5.74, 6) is 1.39. The van der Waals surface area contributed by atoms with Gasteiger partial charge in [0.2, 0.25) is 5.95 Å². The number of methoxy groups -OCH3 is 1. The average Bonchev–Trinajstić information content (AvgIpc) is 2.60. The van der Waals surface area contributed by atoms with Gasteiger partial charge in [-0.25, -0.2) is 4.98 Å². The molecule has 0 saturated carbocycles. The fraction of sp³-hybridized carbons (Fsp3) is 0.412. The molecule has 0 saturated heterocycles. The number of halogens is 1. The van der Waals surface area contributed by atoms with Crippen LogP contribution >= 0.6 is 11.9 Å². The second-order valence-electron chi connectivity index (χ2n) is 5.45. The maximum Gasteiger partial charge on any atom is 0.258 e. The molecule has 0 aliphatic heterocycles. The van der Waals surface area contributed by atoms with Crippen molar-refractivity contribution in [1.29, 1.82) is 0 Å². The summed E-state index contributed by atoms with van der Waals surface area (Å²) in [6.07, 6.45) is 1.27. The molecule has 1 aromatic carbocycles. The lowest BCUT2D eigenvalue weighted by Gasteiger charge is -2.13. The molecule has 1 heterocycles. The van der Waals surface area contributed by atoms with Crippen molar-refractivity contribution in [3.8, 4) is 5.75 Å². The van der Waals surface area contributed by atoms with E-state index in [0.29, 0.717) is 30.2 Å². The molecular formula is C17H22ClN3O3. The van der Waals surface area contributed by atoms with Gasteiger partial charge in [-0.05, 0) is 31.0 Å². The topological polar surface area (TPSA) is 65.4 Å². The van der Waals surface area contributed by atoms with Gasteiger partial charge in [0.15, 0.2) is 0 Å². The van der Waals surface area contributed by atoms with Gasteiger partial charge in [0.1, 0.15) is 5.75 Å². The van der Waals surface area contributed by atoms with Gasteiger partial charge in [-0.1, -0.05) is 12.1 Å². The summed E-state index contributed by atoms with van der Waals surface area (Å²) in [7, 11) is 3.35. The Kier molecular flexibility index (Phi) is 6.63. The van der Waals surface area contributed by atoms with Gasteiger partial charge in [0.25, 0.3) is 5.56 Å². The SMILES string of the molecule is COc1ccc(CCNc2nc(C)c(CCOCl)c(=O)n2C)cc1. The molecule has 0 fully saturated rings. The Morgan fingerprint density at radius 2 is 1.96 bits per heavy atom. The Labute approximate surface area is 146 Å². The van der Waals surface area contributed by atoms with E-state index in [4.69, 9.17) is 16.6 Å². The third kappa shape index (κ3) is 4.49. The molecule has 24 heavy (non-hydrogen) atoms. The normalized spacial score (nSPS) is 10.7. The molecule has 130 valence electrons. The number of nitrogens with one attached hydrogen (secondary N) is 1. The number of aryl methyl sites for hydroxylation is 1. The maximum atomic E-state index is 12.4. The van der Waals surface area contributed by atoms with Crippen molar-refractivity contribution in [2.75, 3.05) is 25.6 Å². The van der Waals surface area contributed by atoms with E-state index in [9.17, 15) is 4.79 Å². The van der Waals surface area contributed by atoms with Crippen molar-refractivity contribution in [3.05, 3.63) is 51.4 Å². The molecule has 1 N–H and O–H groups in total. The van der Waals surface area contributed by atoms with Crippen LogP contribution in [0.25, 0.3) is 0 Å². The Bertz CT molecular complexity index is 729. The van der Waals surface area contributed by atoms with E-state index in [1.165, 1.54) is 10.1 Å². The minimum Gasteiger partial charge on any atom is -0.497 e. The van der Waals surface area contributed by atoms with Gasteiger partial charge in [-0.3, -0.25) is 13.7 Å². The zero-order chi connectivity index (χ0) is 17.5. The van der Waals surface area contributed by atoms with Gasteiger partial charge in [0, 0.05) is 25.6 Å². The molecule has 0 amide bonds. The molecule has 7 heteroatoms. The van der Waals surface area contributed by atoms with Crippen LogP contribution in [0, 0.1) is 6.92 Å². The third-order valence-electron chi connectivity index (χ3n) is 3.88. The lowest BCUT2D eigenvalue weighted by atomic mass is 10.1. The van der Waals surface area contributed by atoms with Gasteiger partial charge < -0.3 is 10.1 Å². The standard InChI is InChI=1S/C17H22ClN3O3/c1-12-15(9-11-24-18)16(22)21(2)17(20-12)19-10-8-13-4-6-14(23-3)7-5-13/h4-7H,8-11H2,1-3H3,(H,19,20). The molecule has 2 rings (SSSR count). The summed E-state index contributed by atoms with van der Waals surface area (Å²) >= 11 is 5.22. The van der Waals surface area contributed by atoms with E-state index in [0.717, 1.165) is 12.2 Å². The Morgan fingerprint density at radius 3 is 2.58 bits per heavy atom. The van der Waals surface area contributed by atoms with Crippen LogP contribution in [0.15, 0.2) is 29.1 Å². The second kappa shape index (κ2) is 8.70. The van der Waals surface area contributed by atoms with E-state index < -0.39 is 0 Å². The summed E-state index contributed by atoms with van der Waals surface area (Å²) in [5, 5.41) is 3.22. The summed E-state index contributed by atoms with van der Waals surface area (Å²) in [6.45, 7) is 2.78. The highest BCUT2D eigenvalue weighted by Gasteiger charge is 2.11. The summed E-state index contributed by atoms with van der Waals surface area (Å²) in [5.41, 5.74) is 2.42. The van der Waals surface area contributed by atoms with Crippen LogP contribution in [0.1, 0.15) is 16.8 Å². The smallest absolute Gasteiger partial charge is 0.258 e. The monoisotopic (exact) mass is 351 g/mol. The van der Waals surface area contributed by atoms with E-state index >= 15 is 0 Å². The van der Waals surface area contributed by atoms with Crippen LogP contribution in [-0.4, -0.2) is 29.8 Å². The van der Waals surface area contributed by atoms with Crippen LogP contribution in [-0.2, 0) is 24.2 Å². The highest BCUT2D eigenvalue weighted by Crippen LogP contribution is 2.12. The van der Waals surface area contributed by atoms with Gasteiger partial charge in [0.05, 0.1) is 31.3 Å². The number of rotatable bonds is 8. The maximum absolute atomic E-state index is 12.4. The largest absolute Gasteiger partial charge is 0.497 e. The number of ether oxygens (including phenoxy) is 1. The number of anilines is 1. The van der Waals surface area contributed by atoms with Crippen LogP contribution < -0.4 is 15.6 Å². The van der Waals surface area contributed by atoms with Crippen molar-refractivity contribution in [2.24, 2.45) is 7.05 Å². The molecule has 0 bridgehead atoms. The number of benzene rings is 1. The zero-order valence-electron chi connectivity index (χ0n) is 14.1. The fourth-order valence-corrected chi connectivity index (χ4v) is 2.53. The van der Waals surface area contributed by atoms with E-state index in [-0.39, 0.29) is 12.2 Å². The lowest BCUT2D eigenvalue weighted by molar-refractivity contribution is 0.355. The highest BCUT2D eigenvalue weighted by atomic mass is 35.5. The molecule has 6 nitrogen and oxygen atoms in total. The van der Waals surface area contributed by atoms with Crippen molar-refractivity contribution in [2.45, 2.75) is 19.8 Å². The summed E-state index contributed by atoms with van der Waals surface area (Å²) < 4.78 is 11.2.